The van der Waals surface area contributed by atoms with E-state index in [0.717, 1.165) is 0 Å². The molecule has 0 saturated heterocycles. The lowest BCUT2D eigenvalue weighted by Gasteiger charge is -2.17. The van der Waals surface area contributed by atoms with Gasteiger partial charge in [-0.1, -0.05) is 15.9 Å². The van der Waals surface area contributed by atoms with Gasteiger partial charge in [0.2, 0.25) is 0 Å². The molecular weight excluding hydrogens is 405 g/mol. The van der Waals surface area contributed by atoms with Gasteiger partial charge in [-0.05, 0) is 24.6 Å². The quantitative estimate of drug-likeness (QED) is 0.800. The van der Waals surface area contributed by atoms with Crippen LogP contribution in [0.15, 0.2) is 22.7 Å². The number of nitrogens with one attached hydrogen (secondary N) is 2. The van der Waals surface area contributed by atoms with Crippen LogP contribution in [0.4, 0.5) is 18.9 Å². The van der Waals surface area contributed by atoms with E-state index in [1.54, 1.807) is 32.2 Å². The molecule has 0 fully saturated rings. The molecular formula is C15H14BrF3N4O2. The second kappa shape index (κ2) is 6.87. The lowest BCUT2D eigenvalue weighted by atomic mass is 10.1. The van der Waals surface area contributed by atoms with Crippen molar-refractivity contribution in [3.8, 4) is 0 Å². The van der Waals surface area contributed by atoms with Gasteiger partial charge in [-0.15, -0.1) is 0 Å². The van der Waals surface area contributed by atoms with Crippen LogP contribution in [-0.4, -0.2) is 41.0 Å². The van der Waals surface area contributed by atoms with Gasteiger partial charge in [0.15, 0.2) is 5.69 Å². The van der Waals surface area contributed by atoms with Crippen molar-refractivity contribution in [3.05, 3.63) is 45.2 Å². The summed E-state index contributed by atoms with van der Waals surface area (Å²) in [5.41, 5.74) is -0.576. The maximum absolute atomic E-state index is 12.6. The summed E-state index contributed by atoms with van der Waals surface area (Å²) in [5, 5.41) is 7.61. The molecule has 0 saturated carbocycles. The fourth-order valence-electron chi connectivity index (χ4n) is 2.08. The summed E-state index contributed by atoms with van der Waals surface area (Å²) < 4.78 is 38.4. The number of carbonyl (C=O) groups excluding carboxylic acids is 2. The van der Waals surface area contributed by atoms with E-state index in [2.05, 4.69) is 26.3 Å². The molecule has 6 nitrogen and oxygen atoms in total. The number of benzene rings is 1. The normalized spacial score (nSPS) is 11.3. The maximum atomic E-state index is 12.6. The van der Waals surface area contributed by atoms with Crippen LogP contribution in [0.25, 0.3) is 0 Å². The monoisotopic (exact) mass is 418 g/mol. The Balaban J connectivity index is 2.38. The van der Waals surface area contributed by atoms with Crippen molar-refractivity contribution >= 4 is 33.4 Å². The van der Waals surface area contributed by atoms with Crippen molar-refractivity contribution in [2.24, 2.45) is 0 Å². The number of amides is 2. The number of hydrogen-bond acceptors (Lipinski definition) is 3. The third kappa shape index (κ3) is 4.19. The van der Waals surface area contributed by atoms with E-state index < -0.39 is 23.5 Å². The predicted octanol–water partition coefficient (Wildman–Crippen LogP) is 3.45. The summed E-state index contributed by atoms with van der Waals surface area (Å²) in [4.78, 5) is 25.9. The number of rotatable bonds is 3. The van der Waals surface area contributed by atoms with Crippen molar-refractivity contribution in [2.45, 2.75) is 13.1 Å². The van der Waals surface area contributed by atoms with Crippen LogP contribution in [0.5, 0.6) is 0 Å². The molecule has 1 aromatic carbocycles. The first kappa shape index (κ1) is 19.0. The smallest absolute Gasteiger partial charge is 0.345 e. The molecule has 0 aliphatic carbocycles. The second-order valence-electron chi connectivity index (χ2n) is 5.46. The number of alkyl halides is 3. The number of H-pyrrole nitrogens is 1. The summed E-state index contributed by atoms with van der Waals surface area (Å²) >= 11 is 3.28. The molecule has 2 rings (SSSR count). The third-order valence-electron chi connectivity index (χ3n) is 3.29. The molecule has 2 amide bonds. The molecule has 0 radical (unpaired) electrons. The standard InChI is InChI=1S/C15H14BrF3N4O2/c1-7-4-8(16)5-9(14(25)23(2)3)12(7)20-13(24)10-6-11(22-21-10)15(17,18)19/h4-6H,1-3H3,(H,20,24)(H,21,22). The summed E-state index contributed by atoms with van der Waals surface area (Å²) in [6, 6.07) is 3.81. The molecule has 10 heteroatoms. The maximum Gasteiger partial charge on any atom is 0.432 e. The molecule has 25 heavy (non-hydrogen) atoms. The van der Waals surface area contributed by atoms with Crippen LogP contribution in [0.1, 0.15) is 32.1 Å². The summed E-state index contributed by atoms with van der Waals surface area (Å²) in [5.74, 6) is -1.22. The van der Waals surface area contributed by atoms with Gasteiger partial charge >= 0.3 is 6.18 Å². The van der Waals surface area contributed by atoms with E-state index in [4.69, 9.17) is 0 Å². The van der Waals surface area contributed by atoms with Gasteiger partial charge in [-0.2, -0.15) is 18.3 Å². The number of aromatic nitrogens is 2. The minimum absolute atomic E-state index is 0.205. The van der Waals surface area contributed by atoms with Gasteiger partial charge in [-0.3, -0.25) is 14.7 Å². The van der Waals surface area contributed by atoms with Crippen molar-refractivity contribution in [2.75, 3.05) is 19.4 Å². The molecule has 0 atom stereocenters. The fourth-order valence-corrected chi connectivity index (χ4v) is 2.65. The Labute approximate surface area is 149 Å². The van der Waals surface area contributed by atoms with Gasteiger partial charge in [0.05, 0.1) is 11.3 Å². The first-order valence-electron chi connectivity index (χ1n) is 6.96. The number of carbonyl (C=O) groups is 2. The van der Waals surface area contributed by atoms with Crippen LogP contribution in [0.3, 0.4) is 0 Å². The minimum atomic E-state index is -4.63. The molecule has 0 spiro atoms. The Morgan fingerprint density at radius 1 is 1.24 bits per heavy atom. The molecule has 2 aromatic rings. The minimum Gasteiger partial charge on any atom is -0.345 e. The Hall–Kier alpha value is -2.36. The van der Waals surface area contributed by atoms with Crippen molar-refractivity contribution in [3.63, 3.8) is 0 Å². The lowest BCUT2D eigenvalue weighted by Crippen LogP contribution is -2.24. The van der Waals surface area contributed by atoms with E-state index in [0.29, 0.717) is 16.1 Å². The van der Waals surface area contributed by atoms with Crippen LogP contribution in [0, 0.1) is 6.92 Å². The number of anilines is 1. The summed E-state index contributed by atoms with van der Waals surface area (Å²) in [6.07, 6.45) is -4.63. The molecule has 1 aromatic heterocycles. The zero-order valence-corrected chi connectivity index (χ0v) is 15.0. The van der Waals surface area contributed by atoms with E-state index in [1.165, 1.54) is 11.0 Å². The predicted molar refractivity (Wildman–Crippen MR) is 88.4 cm³/mol. The van der Waals surface area contributed by atoms with Crippen LogP contribution in [-0.2, 0) is 6.18 Å². The average Bonchev–Trinajstić information content (AvgIpc) is 2.98. The van der Waals surface area contributed by atoms with Gasteiger partial charge < -0.3 is 10.2 Å². The van der Waals surface area contributed by atoms with E-state index in [1.807, 2.05) is 0 Å². The Bertz CT molecular complexity index is 831. The largest absolute Gasteiger partial charge is 0.432 e. The zero-order valence-electron chi connectivity index (χ0n) is 13.5. The van der Waals surface area contributed by atoms with E-state index in [-0.39, 0.29) is 17.2 Å². The number of nitrogens with zero attached hydrogens (tertiary/aromatic N) is 2. The molecule has 134 valence electrons. The van der Waals surface area contributed by atoms with Gasteiger partial charge in [-0.25, -0.2) is 0 Å². The van der Waals surface area contributed by atoms with Crippen LogP contribution >= 0.6 is 15.9 Å². The number of aromatic amines is 1. The molecule has 0 bridgehead atoms. The van der Waals surface area contributed by atoms with Gasteiger partial charge in [0.1, 0.15) is 5.69 Å². The average molecular weight is 419 g/mol. The Morgan fingerprint density at radius 2 is 1.88 bits per heavy atom. The number of hydrogen-bond donors (Lipinski definition) is 2. The summed E-state index contributed by atoms with van der Waals surface area (Å²) in [6.45, 7) is 1.67. The first-order chi connectivity index (χ1) is 11.5. The lowest BCUT2D eigenvalue weighted by molar-refractivity contribution is -0.141. The Morgan fingerprint density at radius 3 is 2.40 bits per heavy atom. The Kier molecular flexibility index (Phi) is 5.21. The summed E-state index contributed by atoms with van der Waals surface area (Å²) in [7, 11) is 3.10. The topological polar surface area (TPSA) is 78.1 Å². The molecule has 0 aliphatic heterocycles. The first-order valence-corrected chi connectivity index (χ1v) is 7.75. The highest BCUT2D eigenvalue weighted by Gasteiger charge is 2.34. The van der Waals surface area contributed by atoms with E-state index in [9.17, 15) is 22.8 Å². The third-order valence-corrected chi connectivity index (χ3v) is 3.75. The molecule has 0 aliphatic rings. The van der Waals surface area contributed by atoms with Gasteiger partial charge in [0.25, 0.3) is 11.8 Å². The van der Waals surface area contributed by atoms with Crippen molar-refractivity contribution < 1.29 is 22.8 Å². The molecule has 2 N–H and O–H groups in total. The highest BCUT2D eigenvalue weighted by Crippen LogP contribution is 2.29. The van der Waals surface area contributed by atoms with Crippen molar-refractivity contribution in [1.82, 2.24) is 15.1 Å². The SMILES string of the molecule is Cc1cc(Br)cc(C(=O)N(C)C)c1NC(=O)c1cc(C(F)(F)F)[nH]n1. The van der Waals surface area contributed by atoms with Gasteiger partial charge in [0, 0.05) is 24.6 Å². The van der Waals surface area contributed by atoms with Crippen LogP contribution in [0.2, 0.25) is 0 Å². The molecule has 0 unspecified atom stereocenters. The highest BCUT2D eigenvalue weighted by molar-refractivity contribution is 9.10. The van der Waals surface area contributed by atoms with Crippen molar-refractivity contribution in [1.29, 1.82) is 0 Å². The molecule has 1 heterocycles. The fraction of sp³-hybridized carbons (Fsp3) is 0.267. The highest BCUT2D eigenvalue weighted by atomic mass is 79.9. The van der Waals surface area contributed by atoms with E-state index >= 15 is 0 Å². The zero-order chi connectivity index (χ0) is 18.9. The number of halogens is 4. The second-order valence-corrected chi connectivity index (χ2v) is 6.38. The number of aryl methyl sites for hydroxylation is 1. The van der Waals surface area contributed by atoms with Crippen LogP contribution < -0.4 is 5.32 Å².